The molecule has 3 N–H and O–H groups in total. The summed E-state index contributed by atoms with van der Waals surface area (Å²) in [6.07, 6.45) is 3.12. The second-order valence-corrected chi connectivity index (χ2v) is 7.17. The highest BCUT2D eigenvalue weighted by atomic mass is 16.5. The largest absolute Gasteiger partial charge is 0.496 e. The zero-order valence-corrected chi connectivity index (χ0v) is 16.0. The van der Waals surface area contributed by atoms with E-state index in [1.54, 1.807) is 7.11 Å². The first-order chi connectivity index (χ1) is 13.2. The van der Waals surface area contributed by atoms with Crippen LogP contribution in [0.1, 0.15) is 24.0 Å². The molecular weight excluding hydrogens is 332 g/mol. The first kappa shape index (κ1) is 17.6. The summed E-state index contributed by atoms with van der Waals surface area (Å²) >= 11 is 0. The van der Waals surface area contributed by atoms with E-state index in [0.717, 1.165) is 42.8 Å². The number of fused-ring (bicyclic) bond motifs is 2. The highest BCUT2D eigenvalue weighted by Gasteiger charge is 2.17. The van der Waals surface area contributed by atoms with E-state index in [9.17, 15) is 0 Å². The molecule has 0 aliphatic heterocycles. The molecule has 0 atom stereocenters. The van der Waals surface area contributed by atoms with Gasteiger partial charge in [0.1, 0.15) is 5.75 Å². The van der Waals surface area contributed by atoms with Gasteiger partial charge in [-0.3, -0.25) is 0 Å². The van der Waals surface area contributed by atoms with Crippen molar-refractivity contribution in [2.75, 3.05) is 13.7 Å². The van der Waals surface area contributed by atoms with Crippen LogP contribution in [0, 0.1) is 6.92 Å². The van der Waals surface area contributed by atoms with Crippen LogP contribution in [0.25, 0.3) is 32.9 Å². The quantitative estimate of drug-likeness (QED) is 0.442. The highest BCUT2D eigenvalue weighted by molar-refractivity contribution is 5.96. The number of hydrogen-bond donors (Lipinski definition) is 2. The van der Waals surface area contributed by atoms with Crippen molar-refractivity contribution in [3.05, 3.63) is 65.7 Å². The number of H-pyrrole nitrogens is 1. The Kier molecular flexibility index (Phi) is 4.87. The lowest BCUT2D eigenvalue weighted by atomic mass is 9.97. The fourth-order valence-electron chi connectivity index (χ4n) is 3.88. The number of rotatable bonds is 6. The minimum atomic E-state index is 0.732. The molecule has 0 aliphatic rings. The number of aromatic amines is 1. The van der Waals surface area contributed by atoms with Gasteiger partial charge in [0.05, 0.1) is 12.8 Å². The summed E-state index contributed by atoms with van der Waals surface area (Å²) in [7, 11) is 1.74. The number of aromatic nitrogens is 1. The molecule has 0 bridgehead atoms. The molecule has 0 spiro atoms. The summed E-state index contributed by atoms with van der Waals surface area (Å²) in [4.78, 5) is 3.66. The molecule has 0 aliphatic carbocycles. The van der Waals surface area contributed by atoms with E-state index in [-0.39, 0.29) is 0 Å². The zero-order chi connectivity index (χ0) is 18.8. The molecule has 3 nitrogen and oxygen atoms in total. The zero-order valence-electron chi connectivity index (χ0n) is 16.0. The lowest BCUT2D eigenvalue weighted by Gasteiger charge is -2.12. The van der Waals surface area contributed by atoms with Crippen LogP contribution in [0.3, 0.4) is 0 Å². The van der Waals surface area contributed by atoms with Crippen LogP contribution in [0.5, 0.6) is 5.75 Å². The van der Waals surface area contributed by atoms with Crippen LogP contribution in [0.4, 0.5) is 0 Å². The van der Waals surface area contributed by atoms with Crippen molar-refractivity contribution in [2.24, 2.45) is 5.73 Å². The predicted molar refractivity (Wildman–Crippen MR) is 115 cm³/mol. The average Bonchev–Trinajstić information content (AvgIpc) is 3.04. The summed E-state index contributed by atoms with van der Waals surface area (Å²) in [6.45, 7) is 2.88. The molecule has 138 valence electrons. The average molecular weight is 358 g/mol. The Hall–Kier alpha value is -2.78. The minimum absolute atomic E-state index is 0.732. The molecule has 3 heteroatoms. The standard InChI is InChI=1S/C24H26N2O/c1-16-10-11-22-20(13-16)19(9-5-6-12-25)24(26-22)21-14-17-7-3-4-8-18(17)15-23(21)27-2/h3-4,7-8,10-11,13-15,26H,5-6,9,12,25H2,1-2H3. The van der Waals surface area contributed by atoms with Crippen molar-refractivity contribution < 1.29 is 4.74 Å². The first-order valence-corrected chi connectivity index (χ1v) is 9.59. The Morgan fingerprint density at radius 3 is 2.48 bits per heavy atom. The predicted octanol–water partition coefficient (Wildman–Crippen LogP) is 5.59. The van der Waals surface area contributed by atoms with Crippen molar-refractivity contribution in [3.8, 4) is 17.0 Å². The van der Waals surface area contributed by atoms with E-state index >= 15 is 0 Å². The van der Waals surface area contributed by atoms with Gasteiger partial charge in [-0.1, -0.05) is 35.9 Å². The van der Waals surface area contributed by atoms with E-state index in [0.29, 0.717) is 0 Å². The molecule has 0 saturated heterocycles. The van der Waals surface area contributed by atoms with Crippen molar-refractivity contribution in [3.63, 3.8) is 0 Å². The highest BCUT2D eigenvalue weighted by Crippen LogP contribution is 2.39. The van der Waals surface area contributed by atoms with E-state index in [1.807, 2.05) is 0 Å². The van der Waals surface area contributed by atoms with Gasteiger partial charge in [-0.25, -0.2) is 0 Å². The van der Waals surface area contributed by atoms with E-state index in [1.165, 1.54) is 32.8 Å². The van der Waals surface area contributed by atoms with Crippen LogP contribution in [-0.2, 0) is 6.42 Å². The number of hydrogen-bond acceptors (Lipinski definition) is 2. The third kappa shape index (κ3) is 3.31. The normalized spacial score (nSPS) is 11.4. The smallest absolute Gasteiger partial charge is 0.128 e. The Morgan fingerprint density at radius 2 is 1.74 bits per heavy atom. The maximum Gasteiger partial charge on any atom is 0.128 e. The summed E-state index contributed by atoms with van der Waals surface area (Å²) in [5.74, 6) is 0.900. The van der Waals surface area contributed by atoms with Crippen molar-refractivity contribution in [1.29, 1.82) is 0 Å². The first-order valence-electron chi connectivity index (χ1n) is 9.59. The molecule has 3 aromatic carbocycles. The Morgan fingerprint density at radius 1 is 0.963 bits per heavy atom. The van der Waals surface area contributed by atoms with Crippen molar-refractivity contribution >= 4 is 21.7 Å². The summed E-state index contributed by atoms with van der Waals surface area (Å²) in [5, 5.41) is 3.71. The summed E-state index contributed by atoms with van der Waals surface area (Å²) < 4.78 is 5.77. The molecule has 0 saturated carbocycles. The van der Waals surface area contributed by atoms with Gasteiger partial charge in [0.15, 0.2) is 0 Å². The molecular formula is C24H26N2O. The fourth-order valence-corrected chi connectivity index (χ4v) is 3.88. The number of ether oxygens (including phenoxy) is 1. The third-order valence-corrected chi connectivity index (χ3v) is 5.28. The lowest BCUT2D eigenvalue weighted by molar-refractivity contribution is 0.417. The maximum atomic E-state index is 5.77. The lowest BCUT2D eigenvalue weighted by Crippen LogP contribution is -1.99. The van der Waals surface area contributed by atoms with Gasteiger partial charge in [-0.15, -0.1) is 0 Å². The van der Waals surface area contributed by atoms with Crippen molar-refractivity contribution in [2.45, 2.75) is 26.2 Å². The van der Waals surface area contributed by atoms with E-state index in [4.69, 9.17) is 10.5 Å². The number of aryl methyl sites for hydroxylation is 2. The molecule has 0 amide bonds. The Balaban J connectivity index is 1.94. The van der Waals surface area contributed by atoms with Gasteiger partial charge in [0.25, 0.3) is 0 Å². The van der Waals surface area contributed by atoms with E-state index in [2.05, 4.69) is 66.5 Å². The number of methoxy groups -OCH3 is 1. The molecule has 1 heterocycles. The summed E-state index contributed by atoms with van der Waals surface area (Å²) in [6, 6.07) is 19.4. The number of unbranched alkanes of at least 4 members (excludes halogenated alkanes) is 1. The SMILES string of the molecule is COc1cc2ccccc2cc1-c1[nH]c2ccc(C)cc2c1CCCCN. The fraction of sp³-hybridized carbons (Fsp3) is 0.250. The van der Waals surface area contributed by atoms with Gasteiger partial charge in [-0.2, -0.15) is 0 Å². The van der Waals surface area contributed by atoms with Crippen LogP contribution < -0.4 is 10.5 Å². The molecule has 27 heavy (non-hydrogen) atoms. The monoisotopic (exact) mass is 358 g/mol. The Bertz CT molecular complexity index is 1090. The van der Waals surface area contributed by atoms with Gasteiger partial charge < -0.3 is 15.5 Å². The molecule has 0 radical (unpaired) electrons. The van der Waals surface area contributed by atoms with Crippen LogP contribution in [0.2, 0.25) is 0 Å². The van der Waals surface area contributed by atoms with Crippen LogP contribution in [0.15, 0.2) is 54.6 Å². The number of benzene rings is 3. The van der Waals surface area contributed by atoms with Crippen molar-refractivity contribution in [1.82, 2.24) is 4.98 Å². The molecule has 4 rings (SSSR count). The molecule has 1 aromatic heterocycles. The molecule has 0 fully saturated rings. The number of nitrogens with one attached hydrogen (secondary N) is 1. The molecule has 0 unspecified atom stereocenters. The minimum Gasteiger partial charge on any atom is -0.496 e. The summed E-state index contributed by atoms with van der Waals surface area (Å²) in [5.41, 5.74) is 11.8. The van der Waals surface area contributed by atoms with E-state index < -0.39 is 0 Å². The van der Waals surface area contributed by atoms with Gasteiger partial charge in [-0.05, 0) is 73.3 Å². The maximum absolute atomic E-state index is 5.77. The third-order valence-electron chi connectivity index (χ3n) is 5.28. The van der Waals surface area contributed by atoms with Gasteiger partial charge in [0.2, 0.25) is 0 Å². The topological polar surface area (TPSA) is 51.0 Å². The Labute approximate surface area is 160 Å². The van der Waals surface area contributed by atoms with Gasteiger partial charge >= 0.3 is 0 Å². The second kappa shape index (κ2) is 7.45. The van der Waals surface area contributed by atoms with Gasteiger partial charge in [0, 0.05) is 16.5 Å². The molecule has 4 aromatic rings. The van der Waals surface area contributed by atoms with Crippen LogP contribution in [-0.4, -0.2) is 18.6 Å². The number of nitrogens with two attached hydrogens (primary N) is 1. The second-order valence-electron chi connectivity index (χ2n) is 7.17. The van der Waals surface area contributed by atoms with Crippen LogP contribution >= 0.6 is 0 Å².